The van der Waals surface area contributed by atoms with Gasteiger partial charge in [-0.25, -0.2) is 4.98 Å². The predicted molar refractivity (Wildman–Crippen MR) is 50.1 cm³/mol. The van der Waals surface area contributed by atoms with E-state index in [4.69, 9.17) is 0 Å². The van der Waals surface area contributed by atoms with Gasteiger partial charge in [-0.3, -0.25) is 5.10 Å². The summed E-state index contributed by atoms with van der Waals surface area (Å²) < 4.78 is 0. The van der Waals surface area contributed by atoms with Gasteiger partial charge in [0.15, 0.2) is 5.16 Å². The molecule has 0 unspecified atom stereocenters. The third-order valence-corrected chi connectivity index (χ3v) is 2.02. The Morgan fingerprint density at radius 1 is 1.64 bits per heavy atom. The van der Waals surface area contributed by atoms with Crippen LogP contribution in [0, 0.1) is 0 Å². The van der Waals surface area contributed by atoms with E-state index in [1.807, 2.05) is 6.08 Å². The van der Waals surface area contributed by atoms with Crippen molar-refractivity contribution in [2.45, 2.75) is 5.16 Å². The van der Waals surface area contributed by atoms with E-state index in [9.17, 15) is 0 Å². The zero-order chi connectivity index (χ0) is 7.94. The van der Waals surface area contributed by atoms with Gasteiger partial charge in [0.1, 0.15) is 6.33 Å². The Labute approximate surface area is 75.1 Å². The Bertz CT molecular complexity index is 208. The summed E-state index contributed by atoms with van der Waals surface area (Å²) in [7, 11) is 0. The van der Waals surface area contributed by atoms with Gasteiger partial charge < -0.3 is 0 Å². The van der Waals surface area contributed by atoms with E-state index in [-0.39, 0.29) is 0 Å². The molecule has 0 spiro atoms. The first kappa shape index (κ1) is 8.67. The van der Waals surface area contributed by atoms with Crippen molar-refractivity contribution < 1.29 is 0 Å². The fourth-order valence-electron chi connectivity index (χ4n) is 0.533. The Hall–Kier alpha value is -0.420. The number of aromatic amines is 1. The molecule has 11 heavy (non-hydrogen) atoms. The molecular formula is C6H9N3S2. The SMILES string of the molecule is SCC=CCSc1ncn[nH]1. The molecule has 0 aromatic carbocycles. The molecule has 3 nitrogen and oxygen atoms in total. The second-order valence-corrected chi connectivity index (χ2v) is 3.13. The molecule has 0 atom stereocenters. The lowest BCUT2D eigenvalue weighted by Crippen LogP contribution is -1.76. The minimum absolute atomic E-state index is 0.789. The summed E-state index contributed by atoms with van der Waals surface area (Å²) in [5, 5.41) is 7.34. The van der Waals surface area contributed by atoms with Gasteiger partial charge in [0.05, 0.1) is 0 Å². The van der Waals surface area contributed by atoms with Crippen LogP contribution in [-0.4, -0.2) is 26.7 Å². The van der Waals surface area contributed by atoms with Crippen molar-refractivity contribution >= 4 is 24.4 Å². The highest BCUT2D eigenvalue weighted by molar-refractivity contribution is 7.99. The average Bonchev–Trinajstić information content (AvgIpc) is 2.50. The van der Waals surface area contributed by atoms with E-state index < -0.39 is 0 Å². The van der Waals surface area contributed by atoms with Crippen LogP contribution in [0.15, 0.2) is 23.6 Å². The first-order valence-corrected chi connectivity index (χ1v) is 4.79. The fourth-order valence-corrected chi connectivity index (χ4v) is 1.31. The maximum atomic E-state index is 4.04. The Morgan fingerprint density at radius 3 is 3.18 bits per heavy atom. The van der Waals surface area contributed by atoms with Crippen molar-refractivity contribution in [1.29, 1.82) is 0 Å². The predicted octanol–water partition coefficient (Wildman–Crippen LogP) is 1.38. The number of nitrogens with zero attached hydrogens (tertiary/aromatic N) is 2. The Balaban J connectivity index is 2.19. The molecule has 0 aliphatic rings. The van der Waals surface area contributed by atoms with Crippen molar-refractivity contribution in [3.8, 4) is 0 Å². The van der Waals surface area contributed by atoms with Crippen molar-refractivity contribution in [3.63, 3.8) is 0 Å². The zero-order valence-electron chi connectivity index (χ0n) is 5.90. The molecule has 5 heteroatoms. The monoisotopic (exact) mass is 187 g/mol. The number of aromatic nitrogens is 3. The average molecular weight is 187 g/mol. The summed E-state index contributed by atoms with van der Waals surface area (Å²) in [5.74, 6) is 1.70. The van der Waals surface area contributed by atoms with Crippen LogP contribution in [0.25, 0.3) is 0 Å². The quantitative estimate of drug-likeness (QED) is 0.425. The lowest BCUT2D eigenvalue weighted by atomic mass is 10.6. The normalized spacial score (nSPS) is 11.0. The number of hydrogen-bond acceptors (Lipinski definition) is 4. The molecule has 0 aliphatic heterocycles. The molecule has 60 valence electrons. The summed E-state index contributed by atoms with van der Waals surface area (Å²) >= 11 is 5.65. The van der Waals surface area contributed by atoms with Crippen LogP contribution in [0.2, 0.25) is 0 Å². The second kappa shape index (κ2) is 5.26. The van der Waals surface area contributed by atoms with Crippen molar-refractivity contribution in [1.82, 2.24) is 15.2 Å². The maximum absolute atomic E-state index is 4.04. The van der Waals surface area contributed by atoms with Crippen LogP contribution in [0.4, 0.5) is 0 Å². The van der Waals surface area contributed by atoms with Gasteiger partial charge in [0.25, 0.3) is 0 Å². The fraction of sp³-hybridized carbons (Fsp3) is 0.333. The van der Waals surface area contributed by atoms with E-state index in [0.717, 1.165) is 16.7 Å². The largest absolute Gasteiger partial charge is 0.254 e. The van der Waals surface area contributed by atoms with E-state index >= 15 is 0 Å². The molecule has 0 amide bonds. The second-order valence-electron chi connectivity index (χ2n) is 1.76. The number of thiol groups is 1. The van der Waals surface area contributed by atoms with Crippen LogP contribution in [-0.2, 0) is 0 Å². The lowest BCUT2D eigenvalue weighted by molar-refractivity contribution is 0.975. The van der Waals surface area contributed by atoms with E-state index in [1.165, 1.54) is 6.33 Å². The summed E-state index contributed by atoms with van der Waals surface area (Å²) in [6.07, 6.45) is 5.57. The molecule has 1 rings (SSSR count). The van der Waals surface area contributed by atoms with Gasteiger partial charge in [-0.2, -0.15) is 17.7 Å². The van der Waals surface area contributed by atoms with Gasteiger partial charge in [-0.1, -0.05) is 23.9 Å². The molecule has 1 aromatic rings. The van der Waals surface area contributed by atoms with Gasteiger partial charge in [-0.15, -0.1) is 0 Å². The van der Waals surface area contributed by atoms with Gasteiger partial charge in [-0.05, 0) is 0 Å². The third-order valence-electron chi connectivity index (χ3n) is 0.981. The minimum atomic E-state index is 0.789. The van der Waals surface area contributed by atoms with Gasteiger partial charge >= 0.3 is 0 Å². The maximum Gasteiger partial charge on any atom is 0.183 e. The highest BCUT2D eigenvalue weighted by atomic mass is 32.2. The molecule has 0 saturated carbocycles. The number of rotatable bonds is 4. The van der Waals surface area contributed by atoms with E-state index in [1.54, 1.807) is 11.8 Å². The number of nitrogens with one attached hydrogen (secondary N) is 1. The van der Waals surface area contributed by atoms with Gasteiger partial charge in [0.2, 0.25) is 0 Å². The molecule has 1 aromatic heterocycles. The van der Waals surface area contributed by atoms with Crippen molar-refractivity contribution in [2.75, 3.05) is 11.5 Å². The van der Waals surface area contributed by atoms with Crippen molar-refractivity contribution in [2.24, 2.45) is 0 Å². The Morgan fingerprint density at radius 2 is 2.55 bits per heavy atom. The molecule has 1 heterocycles. The van der Waals surface area contributed by atoms with Gasteiger partial charge in [0, 0.05) is 11.5 Å². The molecule has 1 N–H and O–H groups in total. The van der Waals surface area contributed by atoms with E-state index in [2.05, 4.69) is 33.9 Å². The molecule has 0 radical (unpaired) electrons. The smallest absolute Gasteiger partial charge is 0.183 e. The number of thioether (sulfide) groups is 1. The van der Waals surface area contributed by atoms with Crippen LogP contribution in [0.5, 0.6) is 0 Å². The first-order chi connectivity index (χ1) is 5.43. The number of hydrogen-bond donors (Lipinski definition) is 2. The number of H-pyrrole nitrogens is 1. The highest BCUT2D eigenvalue weighted by Crippen LogP contribution is 2.09. The standard InChI is InChI=1S/C6H9N3S2/c10-3-1-2-4-11-6-7-5-8-9-6/h1-2,5,10H,3-4H2,(H,7,8,9). The summed E-state index contributed by atoms with van der Waals surface area (Å²) in [6.45, 7) is 0. The van der Waals surface area contributed by atoms with E-state index in [0.29, 0.717) is 0 Å². The van der Waals surface area contributed by atoms with Crippen LogP contribution >= 0.6 is 24.4 Å². The topological polar surface area (TPSA) is 41.6 Å². The summed E-state index contributed by atoms with van der Waals surface area (Å²) in [6, 6.07) is 0. The molecule has 0 aliphatic carbocycles. The highest BCUT2D eigenvalue weighted by Gasteiger charge is 1.91. The minimum Gasteiger partial charge on any atom is -0.254 e. The van der Waals surface area contributed by atoms with Crippen LogP contribution in [0.3, 0.4) is 0 Å². The zero-order valence-corrected chi connectivity index (χ0v) is 7.61. The van der Waals surface area contributed by atoms with Crippen LogP contribution < -0.4 is 0 Å². The summed E-state index contributed by atoms with van der Waals surface area (Å²) in [5.41, 5.74) is 0. The summed E-state index contributed by atoms with van der Waals surface area (Å²) in [4.78, 5) is 3.96. The third kappa shape index (κ3) is 3.48. The molecule has 0 fully saturated rings. The Kier molecular flexibility index (Phi) is 4.15. The lowest BCUT2D eigenvalue weighted by Gasteiger charge is -1.87. The van der Waals surface area contributed by atoms with Crippen LogP contribution in [0.1, 0.15) is 0 Å². The molecule has 0 saturated heterocycles. The van der Waals surface area contributed by atoms with Crippen molar-refractivity contribution in [3.05, 3.63) is 18.5 Å². The first-order valence-electron chi connectivity index (χ1n) is 3.17. The molecular weight excluding hydrogens is 178 g/mol. The molecule has 0 bridgehead atoms.